The molecule has 0 aromatic carbocycles. The van der Waals surface area contributed by atoms with Crippen LogP contribution >= 0.6 is 11.3 Å². The third-order valence-corrected chi connectivity index (χ3v) is 4.17. The summed E-state index contributed by atoms with van der Waals surface area (Å²) in [5.74, 6) is 1.30. The lowest BCUT2D eigenvalue weighted by Crippen LogP contribution is -2.20. The van der Waals surface area contributed by atoms with Gasteiger partial charge in [-0.25, -0.2) is 4.79 Å². The normalized spacial score (nSPS) is 24.6. The third-order valence-electron chi connectivity index (χ3n) is 2.91. The molecular formula is C10H10N2O2S. The van der Waals surface area contributed by atoms with Gasteiger partial charge in [-0.05, 0) is 24.3 Å². The minimum atomic E-state index is -0.430. The van der Waals surface area contributed by atoms with E-state index in [1.54, 1.807) is 0 Å². The van der Waals surface area contributed by atoms with Crippen LogP contribution in [0.3, 0.4) is 0 Å². The van der Waals surface area contributed by atoms with Crippen LogP contribution in [0.25, 0.3) is 10.2 Å². The van der Waals surface area contributed by atoms with E-state index in [9.17, 15) is 9.59 Å². The summed E-state index contributed by atoms with van der Waals surface area (Å²) >= 11 is 1.49. The Morgan fingerprint density at radius 1 is 1.40 bits per heavy atom. The third kappa shape index (κ3) is 1.34. The molecule has 0 bridgehead atoms. The van der Waals surface area contributed by atoms with Gasteiger partial charge >= 0.3 is 5.69 Å². The highest BCUT2D eigenvalue weighted by molar-refractivity contribution is 7.19. The van der Waals surface area contributed by atoms with Crippen molar-refractivity contribution in [3.63, 3.8) is 0 Å². The van der Waals surface area contributed by atoms with Crippen LogP contribution in [0.5, 0.6) is 0 Å². The first-order chi connectivity index (χ1) is 7.15. The fraction of sp³-hybridized carbons (Fsp3) is 0.400. The Kier molecular flexibility index (Phi) is 1.68. The van der Waals surface area contributed by atoms with E-state index in [2.05, 4.69) is 16.9 Å². The second kappa shape index (κ2) is 2.82. The van der Waals surface area contributed by atoms with Crippen molar-refractivity contribution in [2.24, 2.45) is 5.92 Å². The van der Waals surface area contributed by atoms with Gasteiger partial charge in [0.25, 0.3) is 5.56 Å². The average molecular weight is 222 g/mol. The quantitative estimate of drug-likeness (QED) is 0.766. The summed E-state index contributed by atoms with van der Waals surface area (Å²) in [7, 11) is 0. The van der Waals surface area contributed by atoms with Crippen molar-refractivity contribution < 1.29 is 0 Å². The number of aromatic nitrogens is 2. The van der Waals surface area contributed by atoms with E-state index in [0.29, 0.717) is 22.1 Å². The van der Waals surface area contributed by atoms with Crippen molar-refractivity contribution in [2.75, 3.05) is 0 Å². The predicted molar refractivity (Wildman–Crippen MR) is 59.6 cm³/mol. The monoisotopic (exact) mass is 222 g/mol. The first-order valence-corrected chi connectivity index (χ1v) is 5.73. The lowest BCUT2D eigenvalue weighted by molar-refractivity contribution is 0.926. The van der Waals surface area contributed by atoms with Crippen molar-refractivity contribution in [1.82, 2.24) is 9.97 Å². The molecule has 15 heavy (non-hydrogen) atoms. The molecule has 0 spiro atoms. The SMILES string of the molecule is CC1C[C@@H]1c1cc2[nH]c(=O)[nH]c(=O)c2s1. The number of nitrogens with one attached hydrogen (secondary N) is 2. The highest BCUT2D eigenvalue weighted by Gasteiger charge is 2.35. The van der Waals surface area contributed by atoms with Gasteiger partial charge in [-0.3, -0.25) is 9.78 Å². The predicted octanol–water partition coefficient (Wildman–Crippen LogP) is 1.40. The number of hydrogen-bond acceptors (Lipinski definition) is 3. The van der Waals surface area contributed by atoms with Crippen LogP contribution in [0, 0.1) is 5.92 Å². The van der Waals surface area contributed by atoms with Crippen molar-refractivity contribution in [3.8, 4) is 0 Å². The standard InChI is InChI=1S/C10H10N2O2S/c1-4-2-5(4)7-3-6-8(15-7)9(13)12-10(14)11-6/h3-5H,2H2,1H3,(H2,11,12,13,14)/t4?,5-/m0/s1. The number of hydrogen-bond donors (Lipinski definition) is 2. The molecule has 4 nitrogen and oxygen atoms in total. The number of thiophene rings is 1. The van der Waals surface area contributed by atoms with Gasteiger partial charge in [0.2, 0.25) is 0 Å². The smallest absolute Gasteiger partial charge is 0.306 e. The van der Waals surface area contributed by atoms with Gasteiger partial charge in [0.1, 0.15) is 4.70 Å². The number of fused-ring (bicyclic) bond motifs is 1. The van der Waals surface area contributed by atoms with Gasteiger partial charge in [-0.2, -0.15) is 0 Å². The van der Waals surface area contributed by atoms with Crippen LogP contribution in [0.15, 0.2) is 15.7 Å². The zero-order valence-corrected chi connectivity index (χ0v) is 8.98. The number of rotatable bonds is 1. The van der Waals surface area contributed by atoms with Crippen molar-refractivity contribution >= 4 is 21.6 Å². The van der Waals surface area contributed by atoms with E-state index in [0.717, 1.165) is 0 Å². The highest BCUT2D eigenvalue weighted by Crippen LogP contribution is 2.49. The second-order valence-corrected chi connectivity index (χ2v) is 5.20. The van der Waals surface area contributed by atoms with Crippen LogP contribution in [0.4, 0.5) is 0 Å². The van der Waals surface area contributed by atoms with Crippen LogP contribution < -0.4 is 11.2 Å². The molecule has 1 unspecified atom stereocenters. The zero-order valence-electron chi connectivity index (χ0n) is 8.16. The van der Waals surface area contributed by atoms with E-state index >= 15 is 0 Å². The summed E-state index contributed by atoms with van der Waals surface area (Å²) in [6.45, 7) is 2.20. The fourth-order valence-corrected chi connectivity index (χ4v) is 3.14. The molecule has 2 atom stereocenters. The molecule has 1 fully saturated rings. The molecule has 3 rings (SSSR count). The molecule has 78 valence electrons. The average Bonchev–Trinajstić information content (AvgIpc) is 2.74. The molecule has 1 aliphatic rings. The molecule has 1 aliphatic carbocycles. The number of aromatic amines is 2. The molecule has 2 aromatic rings. The maximum Gasteiger partial charge on any atom is 0.326 e. The summed E-state index contributed by atoms with van der Waals surface area (Å²) < 4.78 is 0.628. The van der Waals surface area contributed by atoms with Gasteiger partial charge in [-0.15, -0.1) is 11.3 Å². The summed E-state index contributed by atoms with van der Waals surface area (Å²) in [5, 5.41) is 0. The summed E-state index contributed by atoms with van der Waals surface area (Å²) in [5.41, 5.74) is -0.0400. The largest absolute Gasteiger partial charge is 0.326 e. The van der Waals surface area contributed by atoms with E-state index < -0.39 is 5.69 Å². The molecule has 0 saturated heterocycles. The van der Waals surface area contributed by atoms with E-state index in [1.165, 1.54) is 22.6 Å². The van der Waals surface area contributed by atoms with E-state index in [-0.39, 0.29) is 5.56 Å². The Morgan fingerprint density at radius 3 is 2.80 bits per heavy atom. The van der Waals surface area contributed by atoms with Gasteiger partial charge in [-0.1, -0.05) is 6.92 Å². The minimum Gasteiger partial charge on any atom is -0.306 e. The maximum atomic E-state index is 11.5. The first kappa shape index (κ1) is 8.91. The van der Waals surface area contributed by atoms with Gasteiger partial charge < -0.3 is 4.98 Å². The summed E-state index contributed by atoms with van der Waals surface area (Å²) in [6.07, 6.45) is 1.19. The Bertz CT molecular complexity index is 637. The Balaban J connectivity index is 2.26. The van der Waals surface area contributed by atoms with Gasteiger partial charge in [0.15, 0.2) is 0 Å². The summed E-state index contributed by atoms with van der Waals surface area (Å²) in [4.78, 5) is 28.6. The molecular weight excluding hydrogens is 212 g/mol. The first-order valence-electron chi connectivity index (χ1n) is 4.91. The van der Waals surface area contributed by atoms with E-state index in [4.69, 9.17) is 0 Å². The highest BCUT2D eigenvalue weighted by atomic mass is 32.1. The van der Waals surface area contributed by atoms with Crippen molar-refractivity contribution in [2.45, 2.75) is 19.3 Å². The van der Waals surface area contributed by atoms with Crippen LogP contribution in [0.2, 0.25) is 0 Å². The fourth-order valence-electron chi connectivity index (χ4n) is 1.89. The van der Waals surface area contributed by atoms with Crippen LogP contribution in [-0.4, -0.2) is 9.97 Å². The molecule has 1 saturated carbocycles. The number of H-pyrrole nitrogens is 2. The molecule has 5 heteroatoms. The Morgan fingerprint density at radius 2 is 2.13 bits per heavy atom. The van der Waals surface area contributed by atoms with Crippen molar-refractivity contribution in [3.05, 3.63) is 31.8 Å². The van der Waals surface area contributed by atoms with E-state index in [1.807, 2.05) is 6.07 Å². The lowest BCUT2D eigenvalue weighted by atomic mass is 10.3. The van der Waals surface area contributed by atoms with Crippen LogP contribution in [0.1, 0.15) is 24.1 Å². The second-order valence-electron chi connectivity index (χ2n) is 4.12. The Labute approximate surface area is 89.0 Å². The topological polar surface area (TPSA) is 65.7 Å². The molecule has 0 amide bonds. The molecule has 2 aromatic heterocycles. The molecule has 2 N–H and O–H groups in total. The zero-order chi connectivity index (χ0) is 10.6. The van der Waals surface area contributed by atoms with Gasteiger partial charge in [0.05, 0.1) is 5.52 Å². The molecule has 2 heterocycles. The summed E-state index contributed by atoms with van der Waals surface area (Å²) in [6, 6.07) is 1.94. The Hall–Kier alpha value is -1.36. The maximum absolute atomic E-state index is 11.5. The minimum absolute atomic E-state index is 0.279. The van der Waals surface area contributed by atoms with Crippen molar-refractivity contribution in [1.29, 1.82) is 0 Å². The molecule has 0 radical (unpaired) electrons. The van der Waals surface area contributed by atoms with Crippen LogP contribution in [-0.2, 0) is 0 Å². The lowest BCUT2D eigenvalue weighted by Gasteiger charge is -1.86. The molecule has 0 aliphatic heterocycles. The van der Waals surface area contributed by atoms with Gasteiger partial charge in [0, 0.05) is 4.88 Å².